The molecule has 1 saturated heterocycles. The Kier molecular flexibility index (Phi) is 2.35. The fourth-order valence-electron chi connectivity index (χ4n) is 1.33. The molecule has 3 nitrogen and oxygen atoms in total. The summed E-state index contributed by atoms with van der Waals surface area (Å²) < 4.78 is 5.44. The molecule has 0 amide bonds. The maximum atomic E-state index is 8.77. The first-order valence-electron chi connectivity index (χ1n) is 3.96. The zero-order valence-electron chi connectivity index (χ0n) is 7.24. The molecule has 1 aliphatic rings. The van der Waals surface area contributed by atoms with E-state index in [1.165, 1.54) is 0 Å². The first kappa shape index (κ1) is 8.35. The fourth-order valence-corrected chi connectivity index (χ4v) is 1.33. The van der Waals surface area contributed by atoms with Crippen molar-refractivity contribution in [2.24, 2.45) is 0 Å². The van der Waals surface area contributed by atoms with Gasteiger partial charge in [-0.25, -0.2) is 0 Å². The molecule has 1 fully saturated rings. The standard InChI is InChI=1S/C8H14N2O/c1-6-4-11-8(3)7(2)10(6)5-9/h6-8H,4H2,1-3H3. The predicted octanol–water partition coefficient (Wildman–Crippen LogP) is 0.965. The summed E-state index contributed by atoms with van der Waals surface area (Å²) in [7, 11) is 0. The first-order chi connectivity index (χ1) is 5.16. The highest BCUT2D eigenvalue weighted by Crippen LogP contribution is 2.16. The number of rotatable bonds is 0. The molecule has 1 aliphatic heterocycles. The largest absolute Gasteiger partial charge is 0.374 e. The summed E-state index contributed by atoms with van der Waals surface area (Å²) in [5.74, 6) is 0. The summed E-state index contributed by atoms with van der Waals surface area (Å²) in [4.78, 5) is 1.80. The monoisotopic (exact) mass is 154 g/mol. The molecule has 62 valence electrons. The van der Waals surface area contributed by atoms with Crippen LogP contribution in [0.15, 0.2) is 0 Å². The van der Waals surface area contributed by atoms with Gasteiger partial charge >= 0.3 is 0 Å². The van der Waals surface area contributed by atoms with E-state index in [9.17, 15) is 0 Å². The zero-order valence-corrected chi connectivity index (χ0v) is 7.24. The van der Waals surface area contributed by atoms with Gasteiger partial charge in [0.05, 0.1) is 24.8 Å². The molecule has 0 aromatic rings. The van der Waals surface area contributed by atoms with Gasteiger partial charge in [-0.05, 0) is 20.8 Å². The van der Waals surface area contributed by atoms with Crippen LogP contribution in [0.2, 0.25) is 0 Å². The summed E-state index contributed by atoms with van der Waals surface area (Å²) in [6.07, 6.45) is 2.36. The highest BCUT2D eigenvalue weighted by molar-refractivity contribution is 4.90. The van der Waals surface area contributed by atoms with E-state index in [4.69, 9.17) is 10.00 Å². The molecule has 0 bridgehead atoms. The van der Waals surface area contributed by atoms with Crippen LogP contribution in [0.1, 0.15) is 20.8 Å². The van der Waals surface area contributed by atoms with Crippen molar-refractivity contribution < 1.29 is 4.74 Å². The minimum Gasteiger partial charge on any atom is -0.374 e. The summed E-state index contributed by atoms with van der Waals surface area (Å²) in [5, 5.41) is 8.77. The number of ether oxygens (including phenoxy) is 1. The second-order valence-corrected chi connectivity index (χ2v) is 3.14. The van der Waals surface area contributed by atoms with Crippen molar-refractivity contribution in [3.05, 3.63) is 0 Å². The van der Waals surface area contributed by atoms with Gasteiger partial charge in [0, 0.05) is 0 Å². The molecular formula is C8H14N2O. The summed E-state index contributed by atoms with van der Waals surface area (Å²) >= 11 is 0. The van der Waals surface area contributed by atoms with Crippen molar-refractivity contribution >= 4 is 0 Å². The Morgan fingerprint density at radius 2 is 2.09 bits per heavy atom. The van der Waals surface area contributed by atoms with E-state index in [-0.39, 0.29) is 18.2 Å². The van der Waals surface area contributed by atoms with Crippen LogP contribution in [0.4, 0.5) is 0 Å². The molecule has 1 rings (SSSR count). The van der Waals surface area contributed by atoms with E-state index in [0.29, 0.717) is 6.61 Å². The third-order valence-electron chi connectivity index (χ3n) is 2.31. The molecule has 0 aromatic heterocycles. The normalized spacial score (nSPS) is 38.4. The van der Waals surface area contributed by atoms with Gasteiger partial charge in [-0.3, -0.25) is 0 Å². The van der Waals surface area contributed by atoms with Gasteiger partial charge in [-0.1, -0.05) is 0 Å². The molecular weight excluding hydrogens is 140 g/mol. The lowest BCUT2D eigenvalue weighted by Gasteiger charge is -2.38. The van der Waals surface area contributed by atoms with Crippen LogP contribution in [0, 0.1) is 11.5 Å². The third kappa shape index (κ3) is 1.46. The van der Waals surface area contributed by atoms with Crippen LogP contribution < -0.4 is 0 Å². The van der Waals surface area contributed by atoms with Crippen molar-refractivity contribution in [2.75, 3.05) is 6.61 Å². The Hall–Kier alpha value is -0.750. The van der Waals surface area contributed by atoms with E-state index < -0.39 is 0 Å². The molecule has 0 aromatic carbocycles. The molecule has 0 N–H and O–H groups in total. The lowest BCUT2D eigenvalue weighted by molar-refractivity contribution is -0.0613. The topological polar surface area (TPSA) is 36.3 Å². The number of morpholine rings is 1. The van der Waals surface area contributed by atoms with Crippen molar-refractivity contribution in [1.29, 1.82) is 5.26 Å². The maximum Gasteiger partial charge on any atom is 0.179 e. The van der Waals surface area contributed by atoms with Crippen molar-refractivity contribution in [3.8, 4) is 6.19 Å². The van der Waals surface area contributed by atoms with Crippen LogP contribution >= 0.6 is 0 Å². The van der Waals surface area contributed by atoms with E-state index in [2.05, 4.69) is 6.19 Å². The summed E-state index contributed by atoms with van der Waals surface area (Å²) in [5.41, 5.74) is 0. The van der Waals surface area contributed by atoms with Crippen LogP contribution in [0.3, 0.4) is 0 Å². The Labute approximate surface area is 67.6 Å². The van der Waals surface area contributed by atoms with E-state index >= 15 is 0 Å². The molecule has 3 atom stereocenters. The SMILES string of the molecule is CC1OCC(C)N(C#N)C1C. The van der Waals surface area contributed by atoms with Gasteiger partial charge < -0.3 is 9.64 Å². The van der Waals surface area contributed by atoms with Crippen LogP contribution in [0.25, 0.3) is 0 Å². The molecule has 0 saturated carbocycles. The fraction of sp³-hybridized carbons (Fsp3) is 0.875. The van der Waals surface area contributed by atoms with Gasteiger partial charge in [0.15, 0.2) is 6.19 Å². The number of hydrogen-bond acceptors (Lipinski definition) is 3. The third-order valence-corrected chi connectivity index (χ3v) is 2.31. The van der Waals surface area contributed by atoms with Crippen LogP contribution in [-0.2, 0) is 4.74 Å². The Bertz CT molecular complexity index is 175. The van der Waals surface area contributed by atoms with Gasteiger partial charge in [0.25, 0.3) is 0 Å². The second-order valence-electron chi connectivity index (χ2n) is 3.14. The van der Waals surface area contributed by atoms with Gasteiger partial charge in [-0.2, -0.15) is 5.26 Å². The van der Waals surface area contributed by atoms with Crippen molar-refractivity contribution in [3.63, 3.8) is 0 Å². The summed E-state index contributed by atoms with van der Waals surface area (Å²) in [6.45, 7) is 6.69. The van der Waals surface area contributed by atoms with E-state index in [1.54, 1.807) is 4.90 Å². The average Bonchev–Trinajstić information content (AvgIpc) is 1.99. The van der Waals surface area contributed by atoms with E-state index in [1.807, 2.05) is 20.8 Å². The quantitative estimate of drug-likeness (QED) is 0.488. The minimum absolute atomic E-state index is 0.172. The van der Waals surface area contributed by atoms with Crippen molar-refractivity contribution in [1.82, 2.24) is 4.90 Å². The lowest BCUT2D eigenvalue weighted by atomic mass is 10.1. The van der Waals surface area contributed by atoms with Gasteiger partial charge in [-0.15, -0.1) is 0 Å². The van der Waals surface area contributed by atoms with Gasteiger partial charge in [0.1, 0.15) is 0 Å². The number of hydrogen-bond donors (Lipinski definition) is 0. The first-order valence-corrected chi connectivity index (χ1v) is 3.96. The van der Waals surface area contributed by atoms with Crippen molar-refractivity contribution in [2.45, 2.75) is 39.0 Å². The molecule has 1 heterocycles. The molecule has 0 radical (unpaired) electrons. The Balaban J connectivity index is 2.65. The molecule has 0 aliphatic carbocycles. The minimum atomic E-state index is 0.172. The smallest absolute Gasteiger partial charge is 0.179 e. The van der Waals surface area contributed by atoms with Crippen LogP contribution in [-0.4, -0.2) is 29.7 Å². The Morgan fingerprint density at radius 1 is 1.45 bits per heavy atom. The molecule has 11 heavy (non-hydrogen) atoms. The Morgan fingerprint density at radius 3 is 2.55 bits per heavy atom. The molecule has 3 unspecified atom stereocenters. The number of nitrogens with zero attached hydrogens (tertiary/aromatic N) is 2. The lowest BCUT2D eigenvalue weighted by Crippen LogP contribution is -2.50. The maximum absolute atomic E-state index is 8.77. The molecule has 3 heteroatoms. The predicted molar refractivity (Wildman–Crippen MR) is 41.8 cm³/mol. The highest BCUT2D eigenvalue weighted by Gasteiger charge is 2.29. The molecule has 0 spiro atoms. The van der Waals surface area contributed by atoms with E-state index in [0.717, 1.165) is 0 Å². The summed E-state index contributed by atoms with van der Waals surface area (Å²) in [6, 6.07) is 0.440. The van der Waals surface area contributed by atoms with Crippen LogP contribution in [0.5, 0.6) is 0 Å². The van der Waals surface area contributed by atoms with Gasteiger partial charge in [0.2, 0.25) is 0 Å². The average molecular weight is 154 g/mol. The highest BCUT2D eigenvalue weighted by atomic mass is 16.5. The zero-order chi connectivity index (χ0) is 8.43. The second kappa shape index (κ2) is 3.10. The number of nitriles is 1.